The normalized spacial score (nSPS) is 12.2. The first-order valence-electron chi connectivity index (χ1n) is 6.42. The van der Waals surface area contributed by atoms with Gasteiger partial charge in [0.25, 0.3) is 0 Å². The standard InChI is InChI=1S/C15H19N3O/c1-4-19-14-8-13(9-17-10-14)15(16-3)12-5-6-18-11(2)7-12/h5-10,15-16H,4H2,1-3H3. The summed E-state index contributed by atoms with van der Waals surface area (Å²) in [6, 6.07) is 6.21. The number of hydrogen-bond acceptors (Lipinski definition) is 4. The Labute approximate surface area is 113 Å². The fourth-order valence-corrected chi connectivity index (χ4v) is 2.11. The highest BCUT2D eigenvalue weighted by Crippen LogP contribution is 2.24. The van der Waals surface area contributed by atoms with Gasteiger partial charge in [0.1, 0.15) is 5.75 Å². The van der Waals surface area contributed by atoms with Crippen LogP contribution in [0.5, 0.6) is 5.75 Å². The van der Waals surface area contributed by atoms with Crippen molar-refractivity contribution in [2.75, 3.05) is 13.7 Å². The molecule has 0 spiro atoms. The zero-order valence-electron chi connectivity index (χ0n) is 11.6. The number of nitrogens with one attached hydrogen (secondary N) is 1. The van der Waals surface area contributed by atoms with E-state index in [2.05, 4.69) is 21.4 Å². The number of pyridine rings is 2. The Morgan fingerprint density at radius 3 is 2.79 bits per heavy atom. The second kappa shape index (κ2) is 6.29. The van der Waals surface area contributed by atoms with Crippen molar-refractivity contribution >= 4 is 0 Å². The first-order valence-corrected chi connectivity index (χ1v) is 6.42. The van der Waals surface area contributed by atoms with Crippen LogP contribution in [0, 0.1) is 6.92 Å². The Morgan fingerprint density at radius 2 is 2.11 bits per heavy atom. The highest BCUT2D eigenvalue weighted by molar-refractivity contribution is 5.34. The average Bonchev–Trinajstić information content (AvgIpc) is 2.41. The van der Waals surface area contributed by atoms with Crippen molar-refractivity contribution < 1.29 is 4.74 Å². The molecule has 4 heteroatoms. The number of hydrogen-bond donors (Lipinski definition) is 1. The SMILES string of the molecule is CCOc1cncc(C(NC)c2ccnc(C)c2)c1. The molecule has 0 amide bonds. The van der Waals surface area contributed by atoms with Crippen LogP contribution in [-0.2, 0) is 0 Å². The van der Waals surface area contributed by atoms with Crippen LogP contribution >= 0.6 is 0 Å². The van der Waals surface area contributed by atoms with E-state index < -0.39 is 0 Å². The van der Waals surface area contributed by atoms with Gasteiger partial charge in [0.05, 0.1) is 18.8 Å². The Bertz CT molecular complexity index is 542. The third-order valence-electron chi connectivity index (χ3n) is 2.92. The second-order valence-electron chi connectivity index (χ2n) is 4.34. The van der Waals surface area contributed by atoms with Crippen molar-refractivity contribution in [3.63, 3.8) is 0 Å². The second-order valence-corrected chi connectivity index (χ2v) is 4.34. The lowest BCUT2D eigenvalue weighted by Crippen LogP contribution is -2.18. The van der Waals surface area contributed by atoms with E-state index in [1.165, 1.54) is 5.56 Å². The Balaban J connectivity index is 2.33. The Hall–Kier alpha value is -1.94. The predicted molar refractivity (Wildman–Crippen MR) is 75.3 cm³/mol. The number of aryl methyl sites for hydroxylation is 1. The van der Waals surface area contributed by atoms with E-state index in [-0.39, 0.29) is 6.04 Å². The van der Waals surface area contributed by atoms with Gasteiger partial charge in [0, 0.05) is 18.1 Å². The minimum atomic E-state index is 0.0922. The fraction of sp³-hybridized carbons (Fsp3) is 0.333. The van der Waals surface area contributed by atoms with Crippen molar-refractivity contribution in [2.45, 2.75) is 19.9 Å². The van der Waals surface area contributed by atoms with Gasteiger partial charge in [-0.15, -0.1) is 0 Å². The summed E-state index contributed by atoms with van der Waals surface area (Å²) in [5.41, 5.74) is 3.26. The van der Waals surface area contributed by atoms with Gasteiger partial charge in [-0.25, -0.2) is 0 Å². The van der Waals surface area contributed by atoms with Gasteiger partial charge in [-0.1, -0.05) is 0 Å². The predicted octanol–water partition coefficient (Wildman–Crippen LogP) is 2.49. The molecule has 100 valence electrons. The summed E-state index contributed by atoms with van der Waals surface area (Å²) in [6.07, 6.45) is 5.42. The zero-order chi connectivity index (χ0) is 13.7. The van der Waals surface area contributed by atoms with Gasteiger partial charge in [0.2, 0.25) is 0 Å². The van der Waals surface area contributed by atoms with Crippen molar-refractivity contribution in [2.24, 2.45) is 0 Å². The van der Waals surface area contributed by atoms with E-state index in [0.717, 1.165) is 17.0 Å². The summed E-state index contributed by atoms with van der Waals surface area (Å²) in [5, 5.41) is 3.31. The minimum absolute atomic E-state index is 0.0922. The lowest BCUT2D eigenvalue weighted by molar-refractivity contribution is 0.338. The number of ether oxygens (including phenoxy) is 1. The third kappa shape index (κ3) is 3.29. The highest BCUT2D eigenvalue weighted by atomic mass is 16.5. The van der Waals surface area contributed by atoms with Crippen LogP contribution in [0.4, 0.5) is 0 Å². The van der Waals surface area contributed by atoms with Crippen LogP contribution in [0.3, 0.4) is 0 Å². The quantitative estimate of drug-likeness (QED) is 0.894. The van der Waals surface area contributed by atoms with Crippen molar-refractivity contribution in [1.29, 1.82) is 0 Å². The van der Waals surface area contributed by atoms with E-state index in [4.69, 9.17) is 4.74 Å². The Kier molecular flexibility index (Phi) is 4.47. The van der Waals surface area contributed by atoms with E-state index in [9.17, 15) is 0 Å². The number of aromatic nitrogens is 2. The summed E-state index contributed by atoms with van der Waals surface area (Å²) in [7, 11) is 1.94. The van der Waals surface area contributed by atoms with Gasteiger partial charge in [-0.05, 0) is 50.2 Å². The van der Waals surface area contributed by atoms with Gasteiger partial charge < -0.3 is 10.1 Å². The van der Waals surface area contributed by atoms with E-state index in [1.54, 1.807) is 6.20 Å². The molecule has 0 aromatic carbocycles. The van der Waals surface area contributed by atoms with Gasteiger partial charge in [0.15, 0.2) is 0 Å². The topological polar surface area (TPSA) is 47.0 Å². The molecule has 0 aliphatic carbocycles. The fourth-order valence-electron chi connectivity index (χ4n) is 2.11. The molecule has 0 fully saturated rings. The lowest BCUT2D eigenvalue weighted by Gasteiger charge is -2.17. The molecule has 0 aliphatic heterocycles. The van der Waals surface area contributed by atoms with Crippen molar-refractivity contribution in [3.8, 4) is 5.75 Å². The van der Waals surface area contributed by atoms with E-state index >= 15 is 0 Å². The summed E-state index contributed by atoms with van der Waals surface area (Å²) < 4.78 is 5.50. The lowest BCUT2D eigenvalue weighted by atomic mass is 10.0. The molecule has 0 saturated carbocycles. The molecule has 2 heterocycles. The van der Waals surface area contributed by atoms with Gasteiger partial charge >= 0.3 is 0 Å². The van der Waals surface area contributed by atoms with Crippen LogP contribution in [0.2, 0.25) is 0 Å². The summed E-state index contributed by atoms with van der Waals surface area (Å²) in [6.45, 7) is 4.60. The molecule has 0 aliphatic rings. The molecule has 2 aromatic heterocycles. The van der Waals surface area contributed by atoms with Gasteiger partial charge in [-0.2, -0.15) is 0 Å². The molecule has 19 heavy (non-hydrogen) atoms. The van der Waals surface area contributed by atoms with Crippen LogP contribution in [-0.4, -0.2) is 23.6 Å². The smallest absolute Gasteiger partial charge is 0.137 e. The molecule has 2 aromatic rings. The highest BCUT2D eigenvalue weighted by Gasteiger charge is 2.13. The molecular weight excluding hydrogens is 238 g/mol. The minimum Gasteiger partial charge on any atom is -0.492 e. The van der Waals surface area contributed by atoms with Crippen LogP contribution in [0.25, 0.3) is 0 Å². The van der Waals surface area contributed by atoms with Crippen LogP contribution < -0.4 is 10.1 Å². The monoisotopic (exact) mass is 257 g/mol. The van der Waals surface area contributed by atoms with Crippen molar-refractivity contribution in [1.82, 2.24) is 15.3 Å². The summed E-state index contributed by atoms with van der Waals surface area (Å²) in [5.74, 6) is 0.797. The average molecular weight is 257 g/mol. The van der Waals surface area contributed by atoms with Crippen molar-refractivity contribution in [3.05, 3.63) is 53.6 Å². The maximum absolute atomic E-state index is 5.50. The molecule has 4 nitrogen and oxygen atoms in total. The first-order chi connectivity index (χ1) is 9.24. The molecular formula is C15H19N3O. The summed E-state index contributed by atoms with van der Waals surface area (Å²) in [4.78, 5) is 8.47. The molecule has 1 atom stereocenters. The number of nitrogens with zero attached hydrogens (tertiary/aromatic N) is 2. The largest absolute Gasteiger partial charge is 0.492 e. The summed E-state index contributed by atoms with van der Waals surface area (Å²) >= 11 is 0. The Morgan fingerprint density at radius 1 is 1.26 bits per heavy atom. The molecule has 1 N–H and O–H groups in total. The number of rotatable bonds is 5. The molecule has 0 saturated heterocycles. The van der Waals surface area contributed by atoms with Crippen LogP contribution in [0.15, 0.2) is 36.8 Å². The third-order valence-corrected chi connectivity index (χ3v) is 2.92. The first kappa shape index (κ1) is 13.5. The molecule has 0 bridgehead atoms. The molecule has 0 radical (unpaired) electrons. The van der Waals surface area contributed by atoms with Crippen LogP contribution in [0.1, 0.15) is 29.8 Å². The maximum Gasteiger partial charge on any atom is 0.137 e. The molecule has 1 unspecified atom stereocenters. The molecule has 2 rings (SSSR count). The van der Waals surface area contributed by atoms with E-state index in [1.807, 2.05) is 45.4 Å². The zero-order valence-corrected chi connectivity index (χ0v) is 11.6. The maximum atomic E-state index is 5.50. The van der Waals surface area contributed by atoms with Gasteiger partial charge in [-0.3, -0.25) is 9.97 Å². The van der Waals surface area contributed by atoms with E-state index in [0.29, 0.717) is 6.61 Å².